The van der Waals surface area contributed by atoms with Crippen LogP contribution in [0.3, 0.4) is 0 Å². The van der Waals surface area contributed by atoms with E-state index < -0.39 is 10.0 Å². The van der Waals surface area contributed by atoms with Gasteiger partial charge in [-0.1, -0.05) is 6.42 Å². The number of hydrogen-bond donors (Lipinski definition) is 2. The molecule has 4 rings (SSSR count). The third-order valence-corrected chi connectivity index (χ3v) is 6.57. The van der Waals surface area contributed by atoms with E-state index in [0.29, 0.717) is 12.0 Å². The lowest BCUT2D eigenvalue weighted by atomic mass is 9.85. The first-order chi connectivity index (χ1) is 9.62. The first kappa shape index (κ1) is 14.8. The second-order valence-corrected chi connectivity index (χ2v) is 8.49. The zero-order valence-electron chi connectivity index (χ0n) is 12.2. The van der Waals surface area contributed by atoms with E-state index in [1.807, 2.05) is 0 Å². The second-order valence-electron chi connectivity index (χ2n) is 6.62. The van der Waals surface area contributed by atoms with Crippen molar-refractivity contribution in [2.45, 2.75) is 50.6 Å². The van der Waals surface area contributed by atoms with E-state index in [-0.39, 0.29) is 11.8 Å². The average molecular weight is 301 g/mol. The first-order valence-electron chi connectivity index (χ1n) is 8.08. The van der Waals surface area contributed by atoms with Crippen LogP contribution in [0.1, 0.15) is 38.5 Å². The molecular weight excluding hydrogens is 274 g/mol. The van der Waals surface area contributed by atoms with Crippen LogP contribution in [0.4, 0.5) is 0 Å². The number of hydrogen-bond acceptors (Lipinski definition) is 4. The van der Waals surface area contributed by atoms with E-state index in [1.165, 1.54) is 12.8 Å². The van der Waals surface area contributed by atoms with Gasteiger partial charge < -0.3 is 10.2 Å². The summed E-state index contributed by atoms with van der Waals surface area (Å²) in [6.45, 7) is 4.24. The largest absolute Gasteiger partial charge is 0.314 e. The standard InChI is InChI=1S/C14H27N3O2S/c18-20(19,10-6-13-3-1-2-7-15-13)16-14-11-17-8-4-12(14)5-9-17/h12-16H,1-11H2. The molecule has 0 aromatic rings. The highest BCUT2D eigenvalue weighted by Crippen LogP contribution is 2.28. The molecule has 4 saturated heterocycles. The fourth-order valence-corrected chi connectivity index (χ4v) is 5.30. The van der Waals surface area contributed by atoms with Crippen molar-refractivity contribution in [3.63, 3.8) is 0 Å². The van der Waals surface area contributed by atoms with E-state index in [9.17, 15) is 8.42 Å². The van der Waals surface area contributed by atoms with Crippen LogP contribution in [0.2, 0.25) is 0 Å². The Bertz CT molecular complexity index is 412. The monoisotopic (exact) mass is 301 g/mol. The van der Waals surface area contributed by atoms with Crippen molar-refractivity contribution in [2.24, 2.45) is 5.92 Å². The molecule has 0 saturated carbocycles. The normalized spacial score (nSPS) is 38.0. The average Bonchev–Trinajstić information content (AvgIpc) is 2.47. The molecule has 4 aliphatic heterocycles. The zero-order valence-corrected chi connectivity index (χ0v) is 13.0. The summed E-state index contributed by atoms with van der Waals surface area (Å²) in [5.41, 5.74) is 0. The second kappa shape index (κ2) is 6.30. The molecule has 2 bridgehead atoms. The molecule has 0 spiro atoms. The summed E-state index contributed by atoms with van der Waals surface area (Å²) in [5, 5.41) is 3.42. The number of nitrogens with zero attached hydrogens (tertiary/aromatic N) is 1. The third-order valence-electron chi connectivity index (χ3n) is 5.13. The van der Waals surface area contributed by atoms with Crippen LogP contribution >= 0.6 is 0 Å². The summed E-state index contributed by atoms with van der Waals surface area (Å²) in [6, 6.07) is 0.550. The number of fused-ring (bicyclic) bond motifs is 3. The van der Waals surface area contributed by atoms with Gasteiger partial charge in [0.15, 0.2) is 0 Å². The minimum absolute atomic E-state index is 0.154. The van der Waals surface area contributed by atoms with Crippen molar-refractivity contribution in [2.75, 3.05) is 31.9 Å². The Kier molecular flexibility index (Phi) is 4.65. The maximum Gasteiger partial charge on any atom is 0.211 e. The molecule has 6 heteroatoms. The fraction of sp³-hybridized carbons (Fsp3) is 1.00. The van der Waals surface area contributed by atoms with Crippen LogP contribution in [-0.4, -0.2) is 57.3 Å². The number of rotatable bonds is 5. The molecule has 2 atom stereocenters. The van der Waals surface area contributed by atoms with Gasteiger partial charge in [-0.05, 0) is 57.7 Å². The lowest BCUT2D eigenvalue weighted by Gasteiger charge is -2.44. The van der Waals surface area contributed by atoms with Crippen LogP contribution in [0, 0.1) is 5.92 Å². The van der Waals surface area contributed by atoms with Gasteiger partial charge in [0.2, 0.25) is 10.0 Å². The Balaban J connectivity index is 1.48. The minimum atomic E-state index is -3.12. The van der Waals surface area contributed by atoms with E-state index in [1.54, 1.807) is 0 Å². The Labute approximate surface area is 122 Å². The number of piperidine rings is 4. The zero-order chi connectivity index (χ0) is 14.0. The van der Waals surface area contributed by atoms with Gasteiger partial charge in [0, 0.05) is 18.6 Å². The van der Waals surface area contributed by atoms with Crippen molar-refractivity contribution < 1.29 is 8.42 Å². The Hall–Kier alpha value is -0.170. The predicted molar refractivity (Wildman–Crippen MR) is 80.1 cm³/mol. The highest BCUT2D eigenvalue weighted by Gasteiger charge is 2.36. The number of nitrogens with one attached hydrogen (secondary N) is 2. The predicted octanol–water partition coefficient (Wildman–Crippen LogP) is 0.532. The Morgan fingerprint density at radius 2 is 1.95 bits per heavy atom. The molecule has 20 heavy (non-hydrogen) atoms. The van der Waals surface area contributed by atoms with E-state index in [0.717, 1.165) is 51.9 Å². The van der Waals surface area contributed by atoms with Crippen LogP contribution in [0.15, 0.2) is 0 Å². The van der Waals surface area contributed by atoms with Gasteiger partial charge in [-0.3, -0.25) is 0 Å². The molecule has 2 N–H and O–H groups in total. The SMILES string of the molecule is O=S(=O)(CCC1CCCCN1)NC1CN2CCC1CC2. The van der Waals surface area contributed by atoms with Crippen molar-refractivity contribution in [3.8, 4) is 0 Å². The van der Waals surface area contributed by atoms with Crippen molar-refractivity contribution in [1.82, 2.24) is 14.9 Å². The molecule has 0 radical (unpaired) electrons. The van der Waals surface area contributed by atoms with E-state index in [4.69, 9.17) is 0 Å². The Morgan fingerprint density at radius 1 is 1.15 bits per heavy atom. The molecule has 4 aliphatic rings. The summed E-state index contributed by atoms with van der Waals surface area (Å²) in [7, 11) is -3.12. The fourth-order valence-electron chi connectivity index (χ4n) is 3.86. The van der Waals surface area contributed by atoms with Gasteiger partial charge in [0.1, 0.15) is 0 Å². The molecule has 0 aliphatic carbocycles. The summed E-state index contributed by atoms with van der Waals surface area (Å²) >= 11 is 0. The molecular formula is C14H27N3O2S. The molecule has 0 aromatic carbocycles. The summed E-state index contributed by atoms with van der Waals surface area (Å²) in [5.74, 6) is 0.830. The maximum absolute atomic E-state index is 12.3. The number of sulfonamides is 1. The van der Waals surface area contributed by atoms with Gasteiger partial charge in [-0.25, -0.2) is 13.1 Å². The highest BCUT2D eigenvalue weighted by molar-refractivity contribution is 7.89. The minimum Gasteiger partial charge on any atom is -0.314 e. The smallest absolute Gasteiger partial charge is 0.211 e. The molecule has 116 valence electrons. The van der Waals surface area contributed by atoms with Crippen molar-refractivity contribution >= 4 is 10.0 Å². The molecule has 4 heterocycles. The summed E-state index contributed by atoms with van der Waals surface area (Å²) < 4.78 is 27.5. The van der Waals surface area contributed by atoms with Gasteiger partial charge in [-0.2, -0.15) is 0 Å². The van der Waals surface area contributed by atoms with Crippen LogP contribution < -0.4 is 10.0 Å². The maximum atomic E-state index is 12.3. The molecule has 5 nitrogen and oxygen atoms in total. The molecule has 0 amide bonds. The first-order valence-corrected chi connectivity index (χ1v) is 9.73. The van der Waals surface area contributed by atoms with Crippen LogP contribution in [0.5, 0.6) is 0 Å². The third kappa shape index (κ3) is 3.72. The van der Waals surface area contributed by atoms with Gasteiger partial charge in [0.05, 0.1) is 5.75 Å². The lowest BCUT2D eigenvalue weighted by molar-refractivity contribution is 0.0827. The van der Waals surface area contributed by atoms with Crippen molar-refractivity contribution in [3.05, 3.63) is 0 Å². The van der Waals surface area contributed by atoms with Gasteiger partial charge in [0.25, 0.3) is 0 Å². The molecule has 4 fully saturated rings. The van der Waals surface area contributed by atoms with Crippen LogP contribution in [-0.2, 0) is 10.0 Å². The topological polar surface area (TPSA) is 61.4 Å². The van der Waals surface area contributed by atoms with Gasteiger partial charge >= 0.3 is 0 Å². The highest BCUT2D eigenvalue weighted by atomic mass is 32.2. The summed E-state index contributed by atoms with van der Waals surface area (Å²) in [6.07, 6.45) is 6.62. The summed E-state index contributed by atoms with van der Waals surface area (Å²) in [4.78, 5) is 2.38. The Morgan fingerprint density at radius 3 is 2.55 bits per heavy atom. The van der Waals surface area contributed by atoms with E-state index >= 15 is 0 Å². The van der Waals surface area contributed by atoms with E-state index in [2.05, 4.69) is 14.9 Å². The van der Waals surface area contributed by atoms with Gasteiger partial charge in [-0.15, -0.1) is 0 Å². The quantitative estimate of drug-likeness (QED) is 0.778. The van der Waals surface area contributed by atoms with Crippen LogP contribution in [0.25, 0.3) is 0 Å². The van der Waals surface area contributed by atoms with Crippen molar-refractivity contribution in [1.29, 1.82) is 0 Å². The molecule has 2 unspecified atom stereocenters. The molecule has 0 aromatic heterocycles. The lowest BCUT2D eigenvalue weighted by Crippen LogP contribution is -2.57.